The number of ether oxygens (including phenoxy) is 1. The summed E-state index contributed by atoms with van der Waals surface area (Å²) in [4.78, 5) is 0.617. The Morgan fingerprint density at radius 1 is 1.29 bits per heavy atom. The van der Waals surface area contributed by atoms with Gasteiger partial charge in [-0.25, -0.2) is 0 Å². The molecule has 1 aliphatic rings. The summed E-state index contributed by atoms with van der Waals surface area (Å²) in [5.41, 5.74) is 7.56. The molecule has 3 rings (SSSR count). The van der Waals surface area contributed by atoms with Crippen molar-refractivity contribution in [3.63, 3.8) is 0 Å². The first-order valence-electron chi connectivity index (χ1n) is 6.80. The molecular weight excluding hydrogens is 306 g/mol. The van der Waals surface area contributed by atoms with Gasteiger partial charge in [0.15, 0.2) is 0 Å². The molecule has 2 unspecified atom stereocenters. The fraction of sp³-hybridized carbons (Fsp3) is 0.250. The van der Waals surface area contributed by atoms with Gasteiger partial charge in [-0.1, -0.05) is 29.8 Å². The molecule has 0 saturated heterocycles. The molecule has 0 spiro atoms. The third-order valence-corrected chi connectivity index (χ3v) is 5.44. The molecule has 0 bridgehead atoms. The molecule has 110 valence electrons. The maximum absolute atomic E-state index is 12.6. The second-order valence-electron chi connectivity index (χ2n) is 5.07. The lowest BCUT2D eigenvalue weighted by atomic mass is 9.95. The number of hydrogen-bond donors (Lipinski definition) is 1. The molecule has 2 aromatic carbocycles. The van der Waals surface area contributed by atoms with E-state index < -0.39 is 10.8 Å². The summed E-state index contributed by atoms with van der Waals surface area (Å²) in [5.74, 6) is 1.64. The lowest BCUT2D eigenvalue weighted by Gasteiger charge is -2.25. The number of halogens is 1. The Labute approximate surface area is 131 Å². The average Bonchev–Trinajstić information content (AvgIpc) is 2.50. The van der Waals surface area contributed by atoms with Gasteiger partial charge >= 0.3 is 0 Å². The largest absolute Gasteiger partial charge is 0.493 e. The van der Waals surface area contributed by atoms with Crippen LogP contribution in [0.1, 0.15) is 17.9 Å². The van der Waals surface area contributed by atoms with Gasteiger partial charge in [0.1, 0.15) is 5.75 Å². The number of rotatable bonds is 3. The second-order valence-corrected chi connectivity index (χ2v) is 6.97. The van der Waals surface area contributed by atoms with Crippen molar-refractivity contribution in [2.45, 2.75) is 17.2 Å². The van der Waals surface area contributed by atoms with Gasteiger partial charge < -0.3 is 10.5 Å². The van der Waals surface area contributed by atoms with Gasteiger partial charge in [-0.2, -0.15) is 0 Å². The molecular formula is C16H16ClNO2S. The van der Waals surface area contributed by atoms with Gasteiger partial charge in [-0.15, -0.1) is 0 Å². The van der Waals surface area contributed by atoms with Crippen LogP contribution in [-0.2, 0) is 10.8 Å². The van der Waals surface area contributed by atoms with E-state index in [1.165, 1.54) is 0 Å². The Morgan fingerprint density at radius 3 is 2.95 bits per heavy atom. The predicted molar refractivity (Wildman–Crippen MR) is 86.4 cm³/mol. The Kier molecular flexibility index (Phi) is 4.17. The van der Waals surface area contributed by atoms with Crippen LogP contribution in [0.5, 0.6) is 5.75 Å². The lowest BCUT2D eigenvalue weighted by Crippen LogP contribution is -2.19. The van der Waals surface area contributed by atoms with Gasteiger partial charge in [-0.3, -0.25) is 4.21 Å². The molecule has 2 aromatic rings. The summed E-state index contributed by atoms with van der Waals surface area (Å²) in [5, 5.41) is 0.555. The zero-order valence-electron chi connectivity index (χ0n) is 11.4. The van der Waals surface area contributed by atoms with Crippen LogP contribution in [0.2, 0.25) is 5.02 Å². The van der Waals surface area contributed by atoms with Crippen LogP contribution in [0.25, 0.3) is 0 Å². The number of para-hydroxylation sites is 1. The third kappa shape index (κ3) is 3.06. The van der Waals surface area contributed by atoms with E-state index in [1.54, 1.807) is 18.2 Å². The van der Waals surface area contributed by atoms with Gasteiger partial charge in [0.2, 0.25) is 0 Å². The number of fused-ring (bicyclic) bond motifs is 1. The summed E-state index contributed by atoms with van der Waals surface area (Å²) in [6.07, 6.45) is 0.864. The monoisotopic (exact) mass is 321 g/mol. The number of benzene rings is 2. The van der Waals surface area contributed by atoms with Crippen molar-refractivity contribution >= 4 is 28.1 Å². The van der Waals surface area contributed by atoms with Gasteiger partial charge in [-0.05, 0) is 36.2 Å². The molecule has 0 aromatic heterocycles. The number of anilines is 1. The van der Waals surface area contributed by atoms with Crippen molar-refractivity contribution < 1.29 is 8.95 Å². The van der Waals surface area contributed by atoms with Gasteiger partial charge in [0, 0.05) is 22.4 Å². The van der Waals surface area contributed by atoms with Crippen molar-refractivity contribution in [2.24, 2.45) is 0 Å². The highest BCUT2D eigenvalue weighted by Gasteiger charge is 2.24. The first-order chi connectivity index (χ1) is 10.1. The highest BCUT2D eigenvalue weighted by molar-refractivity contribution is 7.85. The molecule has 0 radical (unpaired) electrons. The van der Waals surface area contributed by atoms with E-state index in [1.807, 2.05) is 24.3 Å². The van der Waals surface area contributed by atoms with Gasteiger partial charge in [0.05, 0.1) is 22.3 Å². The molecule has 21 heavy (non-hydrogen) atoms. The van der Waals surface area contributed by atoms with E-state index in [2.05, 4.69) is 0 Å². The fourth-order valence-corrected chi connectivity index (χ4v) is 4.28. The molecule has 0 saturated carbocycles. The summed E-state index contributed by atoms with van der Waals surface area (Å²) in [6, 6.07) is 13.0. The Morgan fingerprint density at radius 2 is 2.10 bits per heavy atom. The SMILES string of the molecule is Nc1ccc(Cl)cc1S(=O)CC1CCOc2ccccc21. The Bertz CT molecular complexity index is 690. The zero-order chi connectivity index (χ0) is 14.8. The van der Waals surface area contributed by atoms with Crippen LogP contribution in [0.3, 0.4) is 0 Å². The van der Waals surface area contributed by atoms with E-state index >= 15 is 0 Å². The Hall–Kier alpha value is -1.52. The summed E-state index contributed by atoms with van der Waals surface area (Å²) in [7, 11) is -1.18. The minimum Gasteiger partial charge on any atom is -0.493 e. The zero-order valence-corrected chi connectivity index (χ0v) is 13.0. The molecule has 2 N–H and O–H groups in total. The average molecular weight is 322 g/mol. The first-order valence-corrected chi connectivity index (χ1v) is 8.50. The number of nitrogen functional groups attached to an aromatic ring is 1. The lowest BCUT2D eigenvalue weighted by molar-refractivity contribution is 0.273. The minimum atomic E-state index is -1.18. The highest BCUT2D eigenvalue weighted by Crippen LogP contribution is 2.35. The molecule has 2 atom stereocenters. The Balaban J connectivity index is 1.84. The van der Waals surface area contributed by atoms with E-state index in [0.717, 1.165) is 17.7 Å². The third-order valence-electron chi connectivity index (χ3n) is 3.66. The van der Waals surface area contributed by atoms with E-state index in [0.29, 0.717) is 28.0 Å². The van der Waals surface area contributed by atoms with Crippen molar-refractivity contribution in [3.05, 3.63) is 53.1 Å². The second kappa shape index (κ2) is 6.08. The number of hydrogen-bond acceptors (Lipinski definition) is 3. The van der Waals surface area contributed by atoms with Crippen molar-refractivity contribution in [1.29, 1.82) is 0 Å². The molecule has 1 aliphatic heterocycles. The molecule has 1 heterocycles. The number of nitrogens with two attached hydrogens (primary N) is 1. The quantitative estimate of drug-likeness (QED) is 0.879. The van der Waals surface area contributed by atoms with Crippen molar-refractivity contribution in [1.82, 2.24) is 0 Å². The summed E-state index contributed by atoms with van der Waals surface area (Å²) in [6.45, 7) is 0.657. The maximum Gasteiger partial charge on any atom is 0.122 e. The van der Waals surface area contributed by atoms with Crippen molar-refractivity contribution in [2.75, 3.05) is 18.1 Å². The van der Waals surface area contributed by atoms with Crippen LogP contribution in [0.4, 0.5) is 5.69 Å². The maximum atomic E-state index is 12.6. The van der Waals surface area contributed by atoms with Crippen LogP contribution in [0.15, 0.2) is 47.4 Å². The van der Waals surface area contributed by atoms with Crippen molar-refractivity contribution in [3.8, 4) is 5.75 Å². The standard InChI is InChI=1S/C16H16ClNO2S/c17-12-5-6-14(18)16(9-12)21(19)10-11-7-8-20-15-4-2-1-3-13(11)15/h1-6,9,11H,7-8,10,18H2. The highest BCUT2D eigenvalue weighted by atomic mass is 35.5. The molecule has 5 heteroatoms. The van der Waals surface area contributed by atoms with Crippen LogP contribution < -0.4 is 10.5 Å². The molecule has 3 nitrogen and oxygen atoms in total. The van der Waals surface area contributed by atoms with Gasteiger partial charge in [0.25, 0.3) is 0 Å². The summed E-state index contributed by atoms with van der Waals surface area (Å²) < 4.78 is 18.3. The molecule has 0 aliphatic carbocycles. The van der Waals surface area contributed by atoms with E-state index in [9.17, 15) is 4.21 Å². The minimum absolute atomic E-state index is 0.217. The van der Waals surface area contributed by atoms with Crippen LogP contribution >= 0.6 is 11.6 Å². The normalized spacial score (nSPS) is 18.6. The molecule has 0 fully saturated rings. The smallest absolute Gasteiger partial charge is 0.122 e. The summed E-state index contributed by atoms with van der Waals surface area (Å²) >= 11 is 5.97. The van der Waals surface area contributed by atoms with E-state index in [4.69, 9.17) is 22.1 Å². The first kappa shape index (κ1) is 14.4. The fourth-order valence-electron chi connectivity index (χ4n) is 2.57. The van der Waals surface area contributed by atoms with E-state index in [-0.39, 0.29) is 5.92 Å². The topological polar surface area (TPSA) is 52.3 Å². The molecule has 0 amide bonds. The van der Waals surface area contributed by atoms with Crippen LogP contribution in [-0.4, -0.2) is 16.6 Å². The predicted octanol–water partition coefficient (Wildman–Crippen LogP) is 3.60. The van der Waals surface area contributed by atoms with Crippen LogP contribution in [0, 0.1) is 0 Å².